The van der Waals surface area contributed by atoms with Crippen LogP contribution in [-0.2, 0) is 9.53 Å². The zero-order chi connectivity index (χ0) is 20.6. The van der Waals surface area contributed by atoms with Crippen molar-refractivity contribution < 1.29 is 22.7 Å². The van der Waals surface area contributed by atoms with Gasteiger partial charge in [0.2, 0.25) is 0 Å². The van der Waals surface area contributed by atoms with E-state index < -0.39 is 18.2 Å². The van der Waals surface area contributed by atoms with E-state index in [1.54, 1.807) is 0 Å². The van der Waals surface area contributed by atoms with Gasteiger partial charge in [0.25, 0.3) is 0 Å². The number of alkyl halides is 3. The van der Waals surface area contributed by atoms with Crippen molar-refractivity contribution in [1.82, 2.24) is 0 Å². The van der Waals surface area contributed by atoms with Gasteiger partial charge in [0.1, 0.15) is 0 Å². The lowest BCUT2D eigenvalue weighted by Crippen LogP contribution is -2.30. The fourth-order valence-corrected chi connectivity index (χ4v) is 4.48. The van der Waals surface area contributed by atoms with Crippen molar-refractivity contribution in [3.05, 3.63) is 0 Å². The molecule has 0 heterocycles. The lowest BCUT2D eigenvalue weighted by atomic mass is 10.0. The number of ether oxygens (including phenoxy) is 1. The van der Waals surface area contributed by atoms with Crippen molar-refractivity contribution in [3.63, 3.8) is 0 Å². The SMILES string of the molecule is CCCCCC1CC1CC1CC1CCCCCCCC(=O)O[C@H](C)C(F)(F)F. The Morgan fingerprint density at radius 1 is 0.893 bits per heavy atom. The maximum atomic E-state index is 12.3. The molecule has 0 aromatic heterocycles. The van der Waals surface area contributed by atoms with Crippen LogP contribution in [0.2, 0.25) is 0 Å². The van der Waals surface area contributed by atoms with E-state index in [1.807, 2.05) is 0 Å². The zero-order valence-corrected chi connectivity index (χ0v) is 17.7. The van der Waals surface area contributed by atoms with E-state index in [2.05, 4.69) is 11.7 Å². The smallest absolute Gasteiger partial charge is 0.425 e. The first-order valence-corrected chi connectivity index (χ1v) is 11.6. The van der Waals surface area contributed by atoms with Gasteiger partial charge in [-0.15, -0.1) is 0 Å². The van der Waals surface area contributed by atoms with Gasteiger partial charge in [0.15, 0.2) is 6.10 Å². The highest BCUT2D eigenvalue weighted by molar-refractivity contribution is 5.69. The average Bonchev–Trinajstić information content (AvgIpc) is 3.53. The second-order valence-corrected chi connectivity index (χ2v) is 9.22. The molecule has 4 unspecified atom stereocenters. The molecule has 2 saturated carbocycles. The Morgan fingerprint density at radius 3 is 2.00 bits per heavy atom. The van der Waals surface area contributed by atoms with E-state index in [1.165, 1.54) is 64.2 Å². The normalized spacial score (nSPS) is 27.5. The number of hydrogen-bond acceptors (Lipinski definition) is 2. The van der Waals surface area contributed by atoms with Crippen LogP contribution >= 0.6 is 0 Å². The second-order valence-electron chi connectivity index (χ2n) is 9.22. The average molecular weight is 405 g/mol. The molecule has 2 rings (SSSR count). The van der Waals surface area contributed by atoms with Gasteiger partial charge in [-0.1, -0.05) is 64.7 Å². The van der Waals surface area contributed by atoms with Gasteiger partial charge in [0, 0.05) is 6.42 Å². The van der Waals surface area contributed by atoms with Crippen LogP contribution in [0.5, 0.6) is 0 Å². The Labute approximate surface area is 169 Å². The zero-order valence-electron chi connectivity index (χ0n) is 17.7. The first-order valence-electron chi connectivity index (χ1n) is 11.6. The lowest BCUT2D eigenvalue weighted by Gasteiger charge is -2.16. The van der Waals surface area contributed by atoms with Gasteiger partial charge in [-0.2, -0.15) is 13.2 Å². The predicted octanol–water partition coefficient (Wildman–Crippen LogP) is 7.45. The molecule has 0 N–H and O–H groups in total. The molecular formula is C23H39F3O2. The van der Waals surface area contributed by atoms with Crippen LogP contribution in [-0.4, -0.2) is 18.2 Å². The van der Waals surface area contributed by atoms with Gasteiger partial charge in [-0.25, -0.2) is 0 Å². The molecular weight excluding hydrogens is 365 g/mol. The van der Waals surface area contributed by atoms with Gasteiger partial charge in [-0.3, -0.25) is 4.79 Å². The van der Waals surface area contributed by atoms with Crippen molar-refractivity contribution >= 4 is 5.97 Å². The molecule has 28 heavy (non-hydrogen) atoms. The number of unbranched alkanes of at least 4 members (excludes halogenated alkanes) is 6. The second kappa shape index (κ2) is 11.4. The van der Waals surface area contributed by atoms with Crippen molar-refractivity contribution in [2.45, 2.75) is 116 Å². The van der Waals surface area contributed by atoms with Crippen LogP contribution < -0.4 is 0 Å². The molecule has 0 aromatic rings. The highest BCUT2D eigenvalue weighted by atomic mass is 19.4. The Hall–Kier alpha value is -0.740. The molecule has 0 radical (unpaired) electrons. The summed E-state index contributed by atoms with van der Waals surface area (Å²) in [6, 6.07) is 0. The number of hydrogen-bond donors (Lipinski definition) is 0. The quantitative estimate of drug-likeness (QED) is 0.209. The Kier molecular flexibility index (Phi) is 9.62. The third-order valence-electron chi connectivity index (χ3n) is 6.65. The maximum absolute atomic E-state index is 12.3. The summed E-state index contributed by atoms with van der Waals surface area (Å²) in [5.41, 5.74) is 0. The minimum absolute atomic E-state index is 0.0892. The molecule has 2 aliphatic rings. The predicted molar refractivity (Wildman–Crippen MR) is 106 cm³/mol. The fourth-order valence-electron chi connectivity index (χ4n) is 4.48. The number of esters is 1. The van der Waals surface area contributed by atoms with Gasteiger partial charge in [0.05, 0.1) is 0 Å². The summed E-state index contributed by atoms with van der Waals surface area (Å²) in [5.74, 6) is 3.28. The molecule has 0 aliphatic heterocycles. The first-order chi connectivity index (χ1) is 13.3. The maximum Gasteiger partial charge on any atom is 0.425 e. The van der Waals surface area contributed by atoms with Crippen LogP contribution in [0, 0.1) is 23.7 Å². The number of carbonyl (C=O) groups is 1. The van der Waals surface area contributed by atoms with Crippen molar-refractivity contribution in [2.75, 3.05) is 0 Å². The first kappa shape index (κ1) is 23.5. The minimum atomic E-state index is -4.47. The summed E-state index contributed by atoms with van der Waals surface area (Å²) >= 11 is 0. The number of rotatable bonds is 15. The van der Waals surface area contributed by atoms with Crippen LogP contribution in [0.3, 0.4) is 0 Å². The fraction of sp³-hybridized carbons (Fsp3) is 0.957. The molecule has 0 amide bonds. The van der Waals surface area contributed by atoms with Crippen LogP contribution in [0.15, 0.2) is 0 Å². The Bertz CT molecular complexity index is 463. The van der Waals surface area contributed by atoms with Crippen LogP contribution in [0.1, 0.15) is 104 Å². The van der Waals surface area contributed by atoms with Crippen LogP contribution in [0.4, 0.5) is 13.2 Å². The highest BCUT2D eigenvalue weighted by Gasteiger charge is 2.44. The van der Waals surface area contributed by atoms with E-state index in [9.17, 15) is 18.0 Å². The van der Waals surface area contributed by atoms with Gasteiger partial charge in [-0.05, 0) is 56.3 Å². The van der Waals surface area contributed by atoms with E-state index in [-0.39, 0.29) is 6.42 Å². The van der Waals surface area contributed by atoms with E-state index in [4.69, 9.17) is 0 Å². The Morgan fingerprint density at radius 2 is 1.43 bits per heavy atom. The molecule has 0 saturated heterocycles. The summed E-state index contributed by atoms with van der Waals surface area (Å²) in [5, 5.41) is 0. The van der Waals surface area contributed by atoms with E-state index in [0.717, 1.165) is 43.4 Å². The molecule has 0 spiro atoms. The largest absolute Gasteiger partial charge is 0.453 e. The van der Waals surface area contributed by atoms with E-state index in [0.29, 0.717) is 6.42 Å². The molecule has 2 fully saturated rings. The number of carbonyl (C=O) groups excluding carboxylic acids is 1. The molecule has 5 atom stereocenters. The van der Waals surface area contributed by atoms with Crippen molar-refractivity contribution in [2.24, 2.45) is 23.7 Å². The molecule has 0 aromatic carbocycles. The van der Waals surface area contributed by atoms with Gasteiger partial charge < -0.3 is 4.74 Å². The number of halogens is 3. The standard InChI is InChI=1S/C23H39F3O2/c1-3-4-8-11-18-14-20(18)16-21-15-19(21)12-9-6-5-7-10-13-22(27)28-17(2)23(24,25)26/h17-21H,3-16H2,1-2H3/t17-,18?,19?,20?,21?/m1/s1. The summed E-state index contributed by atoms with van der Waals surface area (Å²) in [6.07, 6.45) is 9.92. The monoisotopic (exact) mass is 404 g/mol. The molecule has 164 valence electrons. The summed E-state index contributed by atoms with van der Waals surface area (Å²) in [4.78, 5) is 11.4. The minimum Gasteiger partial charge on any atom is -0.453 e. The molecule has 2 aliphatic carbocycles. The van der Waals surface area contributed by atoms with Gasteiger partial charge >= 0.3 is 12.1 Å². The highest BCUT2D eigenvalue weighted by Crippen LogP contribution is 2.54. The van der Waals surface area contributed by atoms with E-state index >= 15 is 0 Å². The summed E-state index contributed by atoms with van der Waals surface area (Å²) < 4.78 is 41.3. The molecule has 5 heteroatoms. The Balaban J connectivity index is 1.37. The third kappa shape index (κ3) is 9.17. The third-order valence-corrected chi connectivity index (χ3v) is 6.65. The summed E-state index contributed by atoms with van der Waals surface area (Å²) in [6.45, 7) is 3.14. The molecule has 2 nitrogen and oxygen atoms in total. The van der Waals surface area contributed by atoms with Crippen LogP contribution in [0.25, 0.3) is 0 Å². The van der Waals surface area contributed by atoms with Crippen molar-refractivity contribution in [3.8, 4) is 0 Å². The topological polar surface area (TPSA) is 26.3 Å². The lowest BCUT2D eigenvalue weighted by molar-refractivity contribution is -0.216. The van der Waals surface area contributed by atoms with Crippen molar-refractivity contribution in [1.29, 1.82) is 0 Å². The summed E-state index contributed by atoms with van der Waals surface area (Å²) in [7, 11) is 0. The molecule has 0 bridgehead atoms.